The van der Waals surface area contributed by atoms with Crippen molar-refractivity contribution in [2.75, 3.05) is 11.1 Å². The monoisotopic (exact) mass is 298 g/mol. The first-order valence-corrected chi connectivity index (χ1v) is 6.90. The molecule has 0 bridgehead atoms. The van der Waals surface area contributed by atoms with Crippen LogP contribution in [0.1, 0.15) is 35.9 Å². The van der Waals surface area contributed by atoms with Crippen LogP contribution in [0.5, 0.6) is 0 Å². The van der Waals surface area contributed by atoms with Crippen LogP contribution in [0.25, 0.3) is 0 Å². The van der Waals surface area contributed by atoms with E-state index in [1.54, 1.807) is 55.5 Å². The van der Waals surface area contributed by atoms with Gasteiger partial charge in [0.2, 0.25) is 0 Å². The lowest BCUT2D eigenvalue weighted by atomic mass is 10.1. The van der Waals surface area contributed by atoms with E-state index in [1.807, 2.05) is 0 Å². The number of esters is 1. The highest BCUT2D eigenvalue weighted by molar-refractivity contribution is 6.07. The van der Waals surface area contributed by atoms with Crippen molar-refractivity contribution in [2.24, 2.45) is 0 Å². The van der Waals surface area contributed by atoms with Crippen molar-refractivity contribution in [3.8, 4) is 0 Å². The van der Waals surface area contributed by atoms with Crippen molar-refractivity contribution in [3.05, 3.63) is 59.7 Å². The fraction of sp³-hybridized carbons (Fsp3) is 0.176. The van der Waals surface area contributed by atoms with Crippen molar-refractivity contribution < 1.29 is 14.3 Å². The molecule has 5 nitrogen and oxygen atoms in total. The zero-order chi connectivity index (χ0) is 16.1. The molecule has 0 aromatic heterocycles. The van der Waals surface area contributed by atoms with Gasteiger partial charge in [-0.25, -0.2) is 0 Å². The lowest BCUT2D eigenvalue weighted by Crippen LogP contribution is -2.14. The van der Waals surface area contributed by atoms with Crippen molar-refractivity contribution in [2.45, 2.75) is 20.0 Å². The molecule has 0 aliphatic rings. The summed E-state index contributed by atoms with van der Waals surface area (Å²) in [5, 5.41) is 2.78. The van der Waals surface area contributed by atoms with E-state index >= 15 is 0 Å². The van der Waals surface area contributed by atoms with Crippen LogP contribution in [-0.4, -0.2) is 11.9 Å². The maximum atomic E-state index is 12.1. The van der Waals surface area contributed by atoms with Crippen LogP contribution >= 0.6 is 0 Å². The minimum atomic E-state index is -0.329. The van der Waals surface area contributed by atoms with E-state index in [9.17, 15) is 9.59 Å². The van der Waals surface area contributed by atoms with Crippen molar-refractivity contribution in [1.29, 1.82) is 0 Å². The summed E-state index contributed by atoms with van der Waals surface area (Å²) in [4.78, 5) is 23.1. The highest BCUT2D eigenvalue weighted by Gasteiger charge is 2.11. The SMILES string of the molecule is CC(=O)OC(C)c1ccc(NC(=O)c2ccccc2N)cc1. The van der Waals surface area contributed by atoms with E-state index in [0.717, 1.165) is 5.56 Å². The molecule has 2 aromatic carbocycles. The molecular weight excluding hydrogens is 280 g/mol. The normalized spacial score (nSPS) is 11.5. The van der Waals surface area contributed by atoms with Crippen molar-refractivity contribution >= 4 is 23.3 Å². The number of ether oxygens (including phenoxy) is 1. The van der Waals surface area contributed by atoms with E-state index in [-0.39, 0.29) is 18.0 Å². The number of nitrogens with two attached hydrogens (primary N) is 1. The minimum absolute atomic E-state index is 0.265. The van der Waals surface area contributed by atoms with Crippen LogP contribution < -0.4 is 11.1 Å². The number of amides is 1. The number of nitrogens with one attached hydrogen (secondary N) is 1. The van der Waals surface area contributed by atoms with Crippen LogP contribution in [0.3, 0.4) is 0 Å². The standard InChI is InChI=1S/C17H18N2O3/c1-11(22-12(2)20)13-7-9-14(10-8-13)19-17(21)15-5-3-4-6-16(15)18/h3-11H,18H2,1-2H3,(H,19,21). The van der Waals surface area contributed by atoms with Gasteiger partial charge in [0.25, 0.3) is 5.91 Å². The molecule has 114 valence electrons. The summed E-state index contributed by atoms with van der Waals surface area (Å²) in [7, 11) is 0. The second-order valence-corrected chi connectivity index (χ2v) is 4.92. The van der Waals surface area contributed by atoms with Gasteiger partial charge in [0.1, 0.15) is 6.10 Å². The predicted molar refractivity (Wildman–Crippen MR) is 85.4 cm³/mol. The summed E-state index contributed by atoms with van der Waals surface area (Å²) in [6, 6.07) is 14.0. The first-order chi connectivity index (χ1) is 10.5. The fourth-order valence-corrected chi connectivity index (χ4v) is 2.06. The van der Waals surface area contributed by atoms with Crippen LogP contribution in [0.4, 0.5) is 11.4 Å². The molecule has 0 saturated carbocycles. The topological polar surface area (TPSA) is 81.4 Å². The molecule has 2 aromatic rings. The van der Waals surface area contributed by atoms with E-state index in [0.29, 0.717) is 16.9 Å². The van der Waals surface area contributed by atoms with Gasteiger partial charge in [-0.05, 0) is 36.8 Å². The number of carbonyl (C=O) groups excluding carboxylic acids is 2. The Morgan fingerprint density at radius 3 is 2.32 bits per heavy atom. The molecule has 0 aliphatic carbocycles. The lowest BCUT2D eigenvalue weighted by Gasteiger charge is -2.13. The zero-order valence-electron chi connectivity index (χ0n) is 12.5. The molecule has 2 rings (SSSR count). The molecule has 3 N–H and O–H groups in total. The van der Waals surface area contributed by atoms with E-state index in [4.69, 9.17) is 10.5 Å². The van der Waals surface area contributed by atoms with Crippen molar-refractivity contribution in [1.82, 2.24) is 0 Å². The minimum Gasteiger partial charge on any atom is -0.458 e. The van der Waals surface area contributed by atoms with E-state index in [2.05, 4.69) is 5.32 Å². The predicted octanol–water partition coefficient (Wildman–Crippen LogP) is 3.15. The van der Waals surface area contributed by atoms with E-state index in [1.165, 1.54) is 6.92 Å². The Morgan fingerprint density at radius 1 is 1.09 bits per heavy atom. The molecule has 22 heavy (non-hydrogen) atoms. The van der Waals surface area contributed by atoms with Gasteiger partial charge in [0.05, 0.1) is 5.56 Å². The average Bonchev–Trinajstić information content (AvgIpc) is 2.47. The number of anilines is 2. The molecule has 0 fully saturated rings. The third-order valence-electron chi connectivity index (χ3n) is 3.19. The molecule has 0 spiro atoms. The average molecular weight is 298 g/mol. The molecule has 1 unspecified atom stereocenters. The number of para-hydroxylation sites is 1. The molecule has 5 heteroatoms. The zero-order valence-corrected chi connectivity index (χ0v) is 12.5. The summed E-state index contributed by atoms with van der Waals surface area (Å²) in [5.41, 5.74) is 8.14. The number of rotatable bonds is 4. The first kappa shape index (κ1) is 15.6. The third kappa shape index (κ3) is 3.85. The summed E-state index contributed by atoms with van der Waals surface area (Å²) < 4.78 is 5.10. The fourth-order valence-electron chi connectivity index (χ4n) is 2.06. The van der Waals surface area contributed by atoms with Crippen LogP contribution in [-0.2, 0) is 9.53 Å². The molecule has 0 radical (unpaired) electrons. The smallest absolute Gasteiger partial charge is 0.303 e. The third-order valence-corrected chi connectivity index (χ3v) is 3.19. The number of carbonyl (C=O) groups is 2. The molecule has 0 aliphatic heterocycles. The Hall–Kier alpha value is -2.82. The number of nitrogen functional groups attached to an aromatic ring is 1. The summed E-state index contributed by atoms with van der Waals surface area (Å²) >= 11 is 0. The van der Waals surface area contributed by atoms with Gasteiger partial charge in [-0.3, -0.25) is 9.59 Å². The Kier molecular flexibility index (Phi) is 4.78. The van der Waals surface area contributed by atoms with Gasteiger partial charge >= 0.3 is 5.97 Å². The Bertz CT molecular complexity index is 681. The van der Waals surface area contributed by atoms with E-state index < -0.39 is 0 Å². The number of benzene rings is 2. The Balaban J connectivity index is 2.07. The van der Waals surface area contributed by atoms with Crippen LogP contribution in [0.2, 0.25) is 0 Å². The Morgan fingerprint density at radius 2 is 1.73 bits per heavy atom. The van der Waals surface area contributed by atoms with Gasteiger partial charge in [0, 0.05) is 18.3 Å². The largest absolute Gasteiger partial charge is 0.458 e. The molecule has 0 saturated heterocycles. The summed E-state index contributed by atoms with van der Waals surface area (Å²) in [6.07, 6.45) is -0.327. The first-order valence-electron chi connectivity index (χ1n) is 6.90. The van der Waals surface area contributed by atoms with Gasteiger partial charge in [-0.2, -0.15) is 0 Å². The number of hydrogen-bond acceptors (Lipinski definition) is 4. The van der Waals surface area contributed by atoms with Gasteiger partial charge in [-0.15, -0.1) is 0 Å². The molecular formula is C17H18N2O3. The van der Waals surface area contributed by atoms with Crippen LogP contribution in [0, 0.1) is 0 Å². The highest BCUT2D eigenvalue weighted by Crippen LogP contribution is 2.20. The molecule has 1 amide bonds. The molecule has 0 heterocycles. The van der Waals surface area contributed by atoms with Crippen LogP contribution in [0.15, 0.2) is 48.5 Å². The maximum absolute atomic E-state index is 12.1. The van der Waals surface area contributed by atoms with Crippen molar-refractivity contribution in [3.63, 3.8) is 0 Å². The maximum Gasteiger partial charge on any atom is 0.303 e. The molecule has 1 atom stereocenters. The number of hydrogen-bond donors (Lipinski definition) is 2. The van der Waals surface area contributed by atoms with Gasteiger partial charge < -0.3 is 15.8 Å². The quantitative estimate of drug-likeness (QED) is 0.671. The second kappa shape index (κ2) is 6.76. The summed E-state index contributed by atoms with van der Waals surface area (Å²) in [5.74, 6) is -0.594. The highest BCUT2D eigenvalue weighted by atomic mass is 16.5. The summed E-state index contributed by atoms with van der Waals surface area (Å²) in [6.45, 7) is 3.16. The Labute approximate surface area is 129 Å². The van der Waals surface area contributed by atoms with Gasteiger partial charge in [0.15, 0.2) is 0 Å². The lowest BCUT2D eigenvalue weighted by molar-refractivity contribution is -0.145. The van der Waals surface area contributed by atoms with Gasteiger partial charge in [-0.1, -0.05) is 24.3 Å². The second-order valence-electron chi connectivity index (χ2n) is 4.92.